The summed E-state index contributed by atoms with van der Waals surface area (Å²) in [6.45, 7) is 0. The lowest BCUT2D eigenvalue weighted by atomic mass is 10.1. The summed E-state index contributed by atoms with van der Waals surface area (Å²) >= 11 is 0. The first-order chi connectivity index (χ1) is 11.3. The van der Waals surface area contributed by atoms with Crippen LogP contribution in [0.15, 0.2) is 73.1 Å². The van der Waals surface area contributed by atoms with E-state index in [9.17, 15) is 4.79 Å². The van der Waals surface area contributed by atoms with Crippen LogP contribution in [0.1, 0.15) is 10.5 Å². The highest BCUT2D eigenvalue weighted by Crippen LogP contribution is 2.23. The number of nitrogens with one attached hydrogen (secondary N) is 1. The Labute approximate surface area is 132 Å². The Morgan fingerprint density at radius 1 is 0.783 bits per heavy atom. The van der Waals surface area contributed by atoms with Crippen molar-refractivity contribution in [3.63, 3.8) is 0 Å². The van der Waals surface area contributed by atoms with Crippen molar-refractivity contribution in [2.75, 3.05) is 5.32 Å². The van der Waals surface area contributed by atoms with Crippen molar-refractivity contribution in [2.24, 2.45) is 0 Å². The van der Waals surface area contributed by atoms with Gasteiger partial charge in [0, 0.05) is 23.2 Å². The molecule has 2 aromatic carbocycles. The van der Waals surface area contributed by atoms with E-state index in [1.54, 1.807) is 12.4 Å². The third kappa shape index (κ3) is 2.40. The number of carbonyl (C=O) groups excluding carboxylic acids is 1. The SMILES string of the molecule is O=C(Nc1cccc2ncccc12)c1nccc2ccccc12. The molecular formula is C19H13N3O. The zero-order chi connectivity index (χ0) is 15.6. The standard InChI is InChI=1S/C19H13N3O/c23-19(18-14-6-2-1-5-13(14)10-12-21-18)22-17-9-3-8-16-15(17)7-4-11-20-16/h1-12H,(H,22,23). The minimum atomic E-state index is -0.224. The van der Waals surface area contributed by atoms with Crippen molar-refractivity contribution in [3.05, 3.63) is 78.8 Å². The van der Waals surface area contributed by atoms with Crippen LogP contribution in [-0.4, -0.2) is 15.9 Å². The summed E-state index contributed by atoms with van der Waals surface area (Å²) in [5.41, 5.74) is 2.00. The summed E-state index contributed by atoms with van der Waals surface area (Å²) in [5, 5.41) is 5.69. The first kappa shape index (κ1) is 13.4. The number of fused-ring (bicyclic) bond motifs is 2. The van der Waals surface area contributed by atoms with Crippen LogP contribution in [0.5, 0.6) is 0 Å². The van der Waals surface area contributed by atoms with Gasteiger partial charge in [-0.05, 0) is 35.7 Å². The smallest absolute Gasteiger partial charge is 0.274 e. The Hall–Kier alpha value is -3.27. The van der Waals surface area contributed by atoms with Crippen molar-refractivity contribution in [3.8, 4) is 0 Å². The van der Waals surface area contributed by atoms with Crippen LogP contribution in [0.3, 0.4) is 0 Å². The maximum atomic E-state index is 12.7. The monoisotopic (exact) mass is 299 g/mol. The van der Waals surface area contributed by atoms with Gasteiger partial charge in [0.05, 0.1) is 11.2 Å². The first-order valence-electron chi connectivity index (χ1n) is 7.32. The van der Waals surface area contributed by atoms with E-state index >= 15 is 0 Å². The largest absolute Gasteiger partial charge is 0.320 e. The number of amides is 1. The Morgan fingerprint density at radius 3 is 2.61 bits per heavy atom. The van der Waals surface area contributed by atoms with Gasteiger partial charge in [0.25, 0.3) is 5.91 Å². The summed E-state index contributed by atoms with van der Waals surface area (Å²) in [4.78, 5) is 21.2. The number of aromatic nitrogens is 2. The molecule has 0 unspecified atom stereocenters. The van der Waals surface area contributed by atoms with E-state index in [-0.39, 0.29) is 5.91 Å². The highest BCUT2D eigenvalue weighted by molar-refractivity contribution is 6.13. The van der Waals surface area contributed by atoms with E-state index in [1.807, 2.05) is 60.7 Å². The molecule has 4 nitrogen and oxygen atoms in total. The van der Waals surface area contributed by atoms with E-state index in [0.29, 0.717) is 5.69 Å². The van der Waals surface area contributed by atoms with Crippen LogP contribution < -0.4 is 5.32 Å². The van der Waals surface area contributed by atoms with Crippen LogP contribution in [0.25, 0.3) is 21.7 Å². The molecule has 0 radical (unpaired) electrons. The number of benzene rings is 2. The highest BCUT2D eigenvalue weighted by Gasteiger charge is 2.13. The molecule has 1 amide bonds. The molecule has 1 N–H and O–H groups in total. The Kier molecular flexibility index (Phi) is 3.20. The number of carbonyl (C=O) groups is 1. The molecule has 4 aromatic rings. The van der Waals surface area contributed by atoms with Crippen LogP contribution in [0.2, 0.25) is 0 Å². The molecule has 4 rings (SSSR count). The molecule has 0 spiro atoms. The predicted molar refractivity (Wildman–Crippen MR) is 91.4 cm³/mol. The zero-order valence-electron chi connectivity index (χ0n) is 12.2. The van der Waals surface area contributed by atoms with Crippen molar-refractivity contribution in [1.82, 2.24) is 9.97 Å². The van der Waals surface area contributed by atoms with Gasteiger partial charge in [-0.25, -0.2) is 0 Å². The predicted octanol–water partition coefficient (Wildman–Crippen LogP) is 4.04. The van der Waals surface area contributed by atoms with Crippen molar-refractivity contribution >= 4 is 33.3 Å². The summed E-state index contributed by atoms with van der Waals surface area (Å²) in [6, 6.07) is 19.1. The maximum absolute atomic E-state index is 12.7. The molecule has 0 bridgehead atoms. The van der Waals surface area contributed by atoms with Gasteiger partial charge in [-0.1, -0.05) is 30.3 Å². The molecule has 0 saturated carbocycles. The van der Waals surface area contributed by atoms with E-state index in [2.05, 4.69) is 15.3 Å². The molecule has 0 atom stereocenters. The quantitative estimate of drug-likeness (QED) is 0.608. The molecule has 4 heteroatoms. The molecule has 2 aromatic heterocycles. The molecule has 110 valence electrons. The lowest BCUT2D eigenvalue weighted by molar-refractivity contribution is 0.102. The summed E-state index contributed by atoms with van der Waals surface area (Å²) in [6.07, 6.45) is 3.39. The number of hydrogen-bond acceptors (Lipinski definition) is 3. The van der Waals surface area contributed by atoms with Gasteiger partial charge in [-0.2, -0.15) is 0 Å². The third-order valence-corrected chi connectivity index (χ3v) is 3.78. The maximum Gasteiger partial charge on any atom is 0.274 e. The van der Waals surface area contributed by atoms with Crippen molar-refractivity contribution < 1.29 is 4.79 Å². The number of nitrogens with zero attached hydrogens (tertiary/aromatic N) is 2. The molecule has 2 heterocycles. The fraction of sp³-hybridized carbons (Fsp3) is 0. The first-order valence-corrected chi connectivity index (χ1v) is 7.32. The van der Waals surface area contributed by atoms with E-state index < -0.39 is 0 Å². The normalized spacial score (nSPS) is 10.8. The lowest BCUT2D eigenvalue weighted by Crippen LogP contribution is -2.14. The second-order valence-electron chi connectivity index (χ2n) is 5.21. The summed E-state index contributed by atoms with van der Waals surface area (Å²) < 4.78 is 0. The molecule has 0 saturated heterocycles. The van der Waals surface area contributed by atoms with Crippen molar-refractivity contribution in [2.45, 2.75) is 0 Å². The molecule has 23 heavy (non-hydrogen) atoms. The van der Waals surface area contributed by atoms with Gasteiger partial charge in [0.15, 0.2) is 0 Å². The fourth-order valence-electron chi connectivity index (χ4n) is 2.69. The Bertz CT molecular complexity index is 1020. The lowest BCUT2D eigenvalue weighted by Gasteiger charge is -2.09. The van der Waals surface area contributed by atoms with Crippen LogP contribution >= 0.6 is 0 Å². The second-order valence-corrected chi connectivity index (χ2v) is 5.21. The minimum absolute atomic E-state index is 0.224. The number of pyridine rings is 2. The third-order valence-electron chi connectivity index (χ3n) is 3.78. The molecular weight excluding hydrogens is 286 g/mol. The van der Waals surface area contributed by atoms with Gasteiger partial charge in [0.2, 0.25) is 0 Å². The zero-order valence-corrected chi connectivity index (χ0v) is 12.2. The number of hydrogen-bond donors (Lipinski definition) is 1. The van der Waals surface area contributed by atoms with E-state index in [1.165, 1.54) is 0 Å². The Balaban J connectivity index is 1.77. The van der Waals surface area contributed by atoms with Crippen LogP contribution in [-0.2, 0) is 0 Å². The van der Waals surface area contributed by atoms with Crippen LogP contribution in [0, 0.1) is 0 Å². The summed E-state index contributed by atoms with van der Waals surface area (Å²) in [7, 11) is 0. The molecule has 0 aliphatic rings. The average molecular weight is 299 g/mol. The van der Waals surface area contributed by atoms with Gasteiger partial charge in [-0.3, -0.25) is 14.8 Å². The minimum Gasteiger partial charge on any atom is -0.320 e. The average Bonchev–Trinajstić information content (AvgIpc) is 2.61. The molecule has 0 aliphatic heterocycles. The molecule has 0 fully saturated rings. The summed E-state index contributed by atoms with van der Waals surface area (Å²) in [5.74, 6) is -0.224. The highest BCUT2D eigenvalue weighted by atomic mass is 16.1. The van der Waals surface area contributed by atoms with Crippen LogP contribution in [0.4, 0.5) is 5.69 Å². The fourth-order valence-corrected chi connectivity index (χ4v) is 2.69. The van der Waals surface area contributed by atoms with Gasteiger partial charge in [0.1, 0.15) is 5.69 Å². The topological polar surface area (TPSA) is 54.9 Å². The number of anilines is 1. The number of rotatable bonds is 2. The molecule has 0 aliphatic carbocycles. The van der Waals surface area contributed by atoms with Gasteiger partial charge < -0.3 is 5.32 Å². The second kappa shape index (κ2) is 5.50. The Morgan fingerprint density at radius 2 is 1.65 bits per heavy atom. The van der Waals surface area contributed by atoms with Gasteiger partial charge in [-0.15, -0.1) is 0 Å². The van der Waals surface area contributed by atoms with Gasteiger partial charge >= 0.3 is 0 Å². The van der Waals surface area contributed by atoms with Crippen molar-refractivity contribution in [1.29, 1.82) is 0 Å². The van der Waals surface area contributed by atoms with E-state index in [0.717, 1.165) is 27.4 Å². The van der Waals surface area contributed by atoms with E-state index in [4.69, 9.17) is 0 Å².